The van der Waals surface area contributed by atoms with Crippen molar-refractivity contribution in [2.24, 2.45) is 5.41 Å². The molecule has 1 N–H and O–H groups in total. The first-order valence-electron chi connectivity index (χ1n) is 9.12. The summed E-state index contributed by atoms with van der Waals surface area (Å²) in [6.07, 6.45) is 1.34. The Kier molecular flexibility index (Phi) is 14.9. The van der Waals surface area contributed by atoms with Gasteiger partial charge in [0.15, 0.2) is 0 Å². The van der Waals surface area contributed by atoms with Crippen LogP contribution in [0.3, 0.4) is 0 Å². The summed E-state index contributed by atoms with van der Waals surface area (Å²) < 4.78 is 45.8. The maximum atomic E-state index is 12.8. The quantitative estimate of drug-likeness (QED) is 0.102. The molecule has 0 spiro atoms. The topological polar surface area (TPSA) is 133 Å². The van der Waals surface area contributed by atoms with Gasteiger partial charge in [0.05, 0.1) is 12.4 Å². The fourth-order valence-electron chi connectivity index (χ4n) is 2.13. The van der Waals surface area contributed by atoms with Crippen LogP contribution in [0.25, 0.3) is 0 Å². The molecule has 30 heavy (non-hydrogen) atoms. The highest BCUT2D eigenvalue weighted by molar-refractivity contribution is 7.85. The minimum atomic E-state index is -4.18. The van der Waals surface area contributed by atoms with Crippen LogP contribution in [0.1, 0.15) is 46.5 Å². The van der Waals surface area contributed by atoms with Crippen molar-refractivity contribution in [1.29, 1.82) is 0 Å². The van der Waals surface area contributed by atoms with Crippen molar-refractivity contribution in [1.82, 2.24) is 0 Å². The number of unbranched alkanes of at least 4 members (excludes halogenated alkanes) is 1. The third-order valence-corrected chi connectivity index (χ3v) is 4.68. The molecule has 0 unspecified atom stereocenters. The van der Waals surface area contributed by atoms with Crippen LogP contribution < -0.4 is 0 Å². The van der Waals surface area contributed by atoms with Crippen molar-refractivity contribution in [2.45, 2.75) is 46.5 Å². The molecule has 0 aliphatic rings. The standard InChI is InChI=1S/C19H30O9S.Mg.2H/c1-6-7-9-19(12-27-16(20)14(2)3,13-28-17(21)15(4)5)18(22)26-10-8-11-29(23,24)25;;;/h2,4,6-13H2,1,3,5H3,(H,23,24,25);;;. The highest BCUT2D eigenvalue weighted by atomic mass is 32.2. The summed E-state index contributed by atoms with van der Waals surface area (Å²) in [5.41, 5.74) is -1.20. The van der Waals surface area contributed by atoms with Crippen LogP contribution >= 0.6 is 0 Å². The fraction of sp³-hybridized carbons (Fsp3) is 0.632. The van der Waals surface area contributed by atoms with Gasteiger partial charge in [0, 0.05) is 11.1 Å². The first-order chi connectivity index (χ1) is 13.3. The van der Waals surface area contributed by atoms with Crippen molar-refractivity contribution in [3.63, 3.8) is 0 Å². The van der Waals surface area contributed by atoms with Gasteiger partial charge >= 0.3 is 41.0 Å². The van der Waals surface area contributed by atoms with E-state index in [1.165, 1.54) is 13.8 Å². The van der Waals surface area contributed by atoms with Gasteiger partial charge in [-0.25, -0.2) is 9.59 Å². The zero-order valence-corrected chi connectivity index (χ0v) is 18.0. The van der Waals surface area contributed by atoms with Crippen LogP contribution in [-0.2, 0) is 38.7 Å². The van der Waals surface area contributed by atoms with E-state index >= 15 is 0 Å². The van der Waals surface area contributed by atoms with Gasteiger partial charge in [-0.3, -0.25) is 9.35 Å². The second-order valence-corrected chi connectivity index (χ2v) is 8.44. The highest BCUT2D eigenvalue weighted by Crippen LogP contribution is 2.29. The van der Waals surface area contributed by atoms with Crippen molar-refractivity contribution in [2.75, 3.05) is 25.6 Å². The second-order valence-electron chi connectivity index (χ2n) is 6.87. The van der Waals surface area contributed by atoms with Crippen LogP contribution in [-0.4, -0.2) is 79.5 Å². The largest absolute Gasteiger partial charge is 0.465 e. The molecule has 9 nitrogen and oxygen atoms in total. The molecule has 0 heterocycles. The lowest BCUT2D eigenvalue weighted by molar-refractivity contribution is -0.171. The number of hydrogen-bond acceptors (Lipinski definition) is 8. The van der Waals surface area contributed by atoms with E-state index in [1.807, 2.05) is 6.92 Å². The lowest BCUT2D eigenvalue weighted by atomic mass is 9.84. The Hall–Kier alpha value is -1.43. The van der Waals surface area contributed by atoms with Crippen LogP contribution in [0.5, 0.6) is 0 Å². The van der Waals surface area contributed by atoms with Gasteiger partial charge in [0.25, 0.3) is 10.1 Å². The van der Waals surface area contributed by atoms with Crippen molar-refractivity contribution < 1.29 is 41.6 Å². The molecule has 0 radical (unpaired) electrons. The van der Waals surface area contributed by atoms with Crippen LogP contribution in [0, 0.1) is 5.41 Å². The zero-order valence-electron chi connectivity index (χ0n) is 17.2. The third kappa shape index (κ3) is 12.3. The summed E-state index contributed by atoms with van der Waals surface area (Å²) in [4.78, 5) is 36.4. The molecular formula is C19H32MgO9S. The van der Waals surface area contributed by atoms with Gasteiger partial charge in [-0.1, -0.05) is 32.9 Å². The van der Waals surface area contributed by atoms with E-state index in [4.69, 9.17) is 18.8 Å². The molecule has 0 amide bonds. The van der Waals surface area contributed by atoms with Gasteiger partial charge in [0.1, 0.15) is 18.6 Å². The average molecular weight is 461 g/mol. The average Bonchev–Trinajstić information content (AvgIpc) is 2.63. The number of esters is 3. The van der Waals surface area contributed by atoms with E-state index in [9.17, 15) is 22.8 Å². The van der Waals surface area contributed by atoms with Crippen molar-refractivity contribution in [3.8, 4) is 0 Å². The van der Waals surface area contributed by atoms with Gasteiger partial charge < -0.3 is 14.2 Å². The lowest BCUT2D eigenvalue weighted by Gasteiger charge is -2.30. The normalized spacial score (nSPS) is 11.1. The molecule has 0 rings (SSSR count). The number of rotatable bonds is 14. The number of carbonyl (C=O) groups excluding carboxylic acids is 3. The predicted molar refractivity (Wildman–Crippen MR) is 114 cm³/mol. The number of ether oxygens (including phenoxy) is 3. The molecule has 170 valence electrons. The summed E-state index contributed by atoms with van der Waals surface area (Å²) in [6.45, 7) is 10.7. The van der Waals surface area contributed by atoms with Crippen LogP contribution in [0.4, 0.5) is 0 Å². The molecule has 0 saturated carbocycles. The summed E-state index contributed by atoms with van der Waals surface area (Å²) >= 11 is 0. The maximum Gasteiger partial charge on any atom is 0.333 e. The molecule has 0 fully saturated rings. The summed E-state index contributed by atoms with van der Waals surface area (Å²) in [7, 11) is -4.18. The summed E-state index contributed by atoms with van der Waals surface area (Å²) in [5.74, 6) is -2.80. The van der Waals surface area contributed by atoms with E-state index < -0.39 is 52.4 Å². The monoisotopic (exact) mass is 460 g/mol. The fourth-order valence-corrected chi connectivity index (χ4v) is 2.62. The molecule has 11 heteroatoms. The van der Waals surface area contributed by atoms with Gasteiger partial charge in [0.2, 0.25) is 0 Å². The molecule has 0 atom stereocenters. The Balaban J connectivity index is 0. The molecule has 0 aromatic heterocycles. The molecule has 0 bridgehead atoms. The van der Waals surface area contributed by atoms with Crippen LogP contribution in [0.2, 0.25) is 0 Å². The van der Waals surface area contributed by atoms with Gasteiger partial charge in [-0.15, -0.1) is 0 Å². The molecule has 0 aromatic carbocycles. The number of carbonyl (C=O) groups is 3. The smallest absolute Gasteiger partial charge is 0.333 e. The van der Waals surface area contributed by atoms with Crippen molar-refractivity contribution in [3.05, 3.63) is 24.3 Å². The third-order valence-electron chi connectivity index (χ3n) is 3.88. The Bertz CT molecular complexity index is 698. The first kappa shape index (κ1) is 30.8. The lowest BCUT2D eigenvalue weighted by Crippen LogP contribution is -2.43. The maximum absolute atomic E-state index is 12.8. The van der Waals surface area contributed by atoms with Gasteiger partial charge in [-0.05, 0) is 26.7 Å². The van der Waals surface area contributed by atoms with Crippen molar-refractivity contribution >= 4 is 51.1 Å². The zero-order chi connectivity index (χ0) is 22.7. The molecule has 0 saturated heterocycles. The molecule has 0 aliphatic carbocycles. The molecule has 0 aromatic rings. The minimum absolute atomic E-state index is 0. The Morgan fingerprint density at radius 3 is 1.77 bits per heavy atom. The number of hydrogen-bond donors (Lipinski definition) is 1. The summed E-state index contributed by atoms with van der Waals surface area (Å²) in [6, 6.07) is 0. The van der Waals surface area contributed by atoms with E-state index in [-0.39, 0.29) is 53.6 Å². The van der Waals surface area contributed by atoms with E-state index in [1.54, 1.807) is 0 Å². The predicted octanol–water partition coefficient (Wildman–Crippen LogP) is 1.31. The van der Waals surface area contributed by atoms with Crippen LogP contribution in [0.15, 0.2) is 24.3 Å². The second kappa shape index (κ2) is 14.6. The van der Waals surface area contributed by atoms with E-state index in [0.29, 0.717) is 12.8 Å². The highest BCUT2D eigenvalue weighted by Gasteiger charge is 2.43. The Labute approximate surface area is 194 Å². The minimum Gasteiger partial charge on any atom is -0.465 e. The summed E-state index contributed by atoms with van der Waals surface area (Å²) in [5, 5.41) is 0. The Morgan fingerprint density at radius 2 is 1.40 bits per heavy atom. The van der Waals surface area contributed by atoms with E-state index in [0.717, 1.165) is 0 Å². The molecular weight excluding hydrogens is 429 g/mol. The Morgan fingerprint density at radius 1 is 0.933 bits per heavy atom. The van der Waals surface area contributed by atoms with Gasteiger partial charge in [-0.2, -0.15) is 8.42 Å². The first-order valence-corrected chi connectivity index (χ1v) is 10.7. The molecule has 0 aliphatic heterocycles. The SMILES string of the molecule is C=C(C)C(=O)OCC(CCCC)(COC(=O)C(=C)C)C(=O)OCCCS(=O)(=O)O.[MgH2]. The van der Waals surface area contributed by atoms with E-state index in [2.05, 4.69) is 13.2 Å².